The topological polar surface area (TPSA) is 54.2 Å². The summed E-state index contributed by atoms with van der Waals surface area (Å²) < 4.78 is 7.41. The standard InChI is InChI=1S/C18H19N5O/c1-2-6-15(7-3-1)18-20-16(17-8-4-5-9-23(17)18)14-19-21-22-10-12-24-13-11-22/h1-9,14,21H,10-13H2/b19-14+. The van der Waals surface area contributed by atoms with Crippen LogP contribution in [-0.4, -0.2) is 46.9 Å². The van der Waals surface area contributed by atoms with Gasteiger partial charge in [0, 0.05) is 24.8 Å². The average Bonchev–Trinajstić information content (AvgIpc) is 3.02. The number of hydrazine groups is 1. The predicted molar refractivity (Wildman–Crippen MR) is 93.7 cm³/mol. The van der Waals surface area contributed by atoms with Gasteiger partial charge in [0.15, 0.2) is 0 Å². The molecular formula is C18H19N5O. The maximum atomic E-state index is 5.33. The highest BCUT2D eigenvalue weighted by Crippen LogP contribution is 2.21. The number of benzene rings is 1. The van der Waals surface area contributed by atoms with Gasteiger partial charge in [-0.1, -0.05) is 36.4 Å². The second-order valence-corrected chi connectivity index (χ2v) is 5.60. The molecule has 1 aliphatic rings. The third-order valence-corrected chi connectivity index (χ3v) is 4.01. The average molecular weight is 321 g/mol. The van der Waals surface area contributed by atoms with Gasteiger partial charge in [-0.25, -0.2) is 15.5 Å². The quantitative estimate of drug-likeness (QED) is 0.591. The third kappa shape index (κ3) is 3.02. The van der Waals surface area contributed by atoms with Crippen molar-refractivity contribution in [2.45, 2.75) is 0 Å². The molecule has 0 atom stereocenters. The number of nitrogens with zero attached hydrogens (tertiary/aromatic N) is 4. The fraction of sp³-hybridized carbons (Fsp3) is 0.222. The number of hydrogen-bond donors (Lipinski definition) is 1. The van der Waals surface area contributed by atoms with Gasteiger partial charge in [0.25, 0.3) is 0 Å². The van der Waals surface area contributed by atoms with E-state index >= 15 is 0 Å². The predicted octanol–water partition coefficient (Wildman–Crippen LogP) is 2.17. The number of hydrogen-bond acceptors (Lipinski definition) is 5. The number of pyridine rings is 1. The lowest BCUT2D eigenvalue weighted by atomic mass is 10.2. The van der Waals surface area contributed by atoms with Crippen LogP contribution in [0.25, 0.3) is 16.9 Å². The van der Waals surface area contributed by atoms with Crippen LogP contribution in [-0.2, 0) is 4.74 Å². The zero-order chi connectivity index (χ0) is 16.2. The number of ether oxygens (including phenoxy) is 1. The number of aromatic nitrogens is 2. The normalized spacial score (nSPS) is 16.0. The Morgan fingerprint density at radius 1 is 1.04 bits per heavy atom. The van der Waals surface area contributed by atoms with Crippen LogP contribution in [0.2, 0.25) is 0 Å². The zero-order valence-electron chi connectivity index (χ0n) is 13.3. The first-order valence-electron chi connectivity index (χ1n) is 8.06. The zero-order valence-corrected chi connectivity index (χ0v) is 13.3. The van der Waals surface area contributed by atoms with Crippen LogP contribution in [0.1, 0.15) is 5.69 Å². The smallest absolute Gasteiger partial charge is 0.145 e. The maximum absolute atomic E-state index is 5.33. The van der Waals surface area contributed by atoms with Crippen molar-refractivity contribution in [3.8, 4) is 11.4 Å². The fourth-order valence-corrected chi connectivity index (χ4v) is 2.78. The van der Waals surface area contributed by atoms with Crippen molar-refractivity contribution in [1.82, 2.24) is 19.9 Å². The van der Waals surface area contributed by atoms with Gasteiger partial charge in [-0.15, -0.1) is 0 Å². The highest BCUT2D eigenvalue weighted by atomic mass is 16.5. The van der Waals surface area contributed by atoms with Crippen molar-refractivity contribution in [2.24, 2.45) is 5.10 Å². The van der Waals surface area contributed by atoms with Gasteiger partial charge in [-0.05, 0) is 12.1 Å². The molecule has 2 aromatic heterocycles. The molecule has 24 heavy (non-hydrogen) atoms. The summed E-state index contributed by atoms with van der Waals surface area (Å²) in [6.45, 7) is 3.12. The van der Waals surface area contributed by atoms with Crippen molar-refractivity contribution in [3.05, 3.63) is 60.4 Å². The number of rotatable bonds is 4. The highest BCUT2D eigenvalue weighted by Gasteiger charge is 2.11. The molecule has 0 spiro atoms. The van der Waals surface area contributed by atoms with Gasteiger partial charge in [0.2, 0.25) is 0 Å². The van der Waals surface area contributed by atoms with Crippen LogP contribution in [0.5, 0.6) is 0 Å². The molecule has 6 nitrogen and oxygen atoms in total. The van der Waals surface area contributed by atoms with Gasteiger partial charge >= 0.3 is 0 Å². The van der Waals surface area contributed by atoms with Crippen LogP contribution >= 0.6 is 0 Å². The SMILES string of the molecule is C(=N\NN1CCOCC1)/c1nc(-c2ccccc2)n2ccccc12. The van der Waals surface area contributed by atoms with Gasteiger partial charge < -0.3 is 4.74 Å². The van der Waals surface area contributed by atoms with E-state index in [-0.39, 0.29) is 0 Å². The Kier molecular flexibility index (Phi) is 4.22. The van der Waals surface area contributed by atoms with Crippen LogP contribution in [0.4, 0.5) is 0 Å². The fourth-order valence-electron chi connectivity index (χ4n) is 2.78. The minimum Gasteiger partial charge on any atom is -0.379 e. The Morgan fingerprint density at radius 3 is 2.67 bits per heavy atom. The summed E-state index contributed by atoms with van der Waals surface area (Å²) in [5, 5.41) is 6.38. The Labute approximate surface area is 140 Å². The molecular weight excluding hydrogens is 302 g/mol. The molecule has 1 fully saturated rings. The van der Waals surface area contributed by atoms with E-state index in [0.717, 1.165) is 48.9 Å². The van der Waals surface area contributed by atoms with E-state index in [0.29, 0.717) is 0 Å². The molecule has 6 heteroatoms. The van der Waals surface area contributed by atoms with Crippen LogP contribution < -0.4 is 5.53 Å². The van der Waals surface area contributed by atoms with E-state index in [4.69, 9.17) is 9.72 Å². The first-order chi connectivity index (χ1) is 11.9. The van der Waals surface area contributed by atoms with E-state index in [9.17, 15) is 0 Å². The lowest BCUT2D eigenvalue weighted by molar-refractivity contribution is 0.0128. The third-order valence-electron chi connectivity index (χ3n) is 4.01. The monoisotopic (exact) mass is 321 g/mol. The Balaban J connectivity index is 1.63. The lowest BCUT2D eigenvalue weighted by Gasteiger charge is -2.25. The summed E-state index contributed by atoms with van der Waals surface area (Å²) in [6, 6.07) is 16.2. The molecule has 0 unspecified atom stereocenters. The van der Waals surface area contributed by atoms with Crippen molar-refractivity contribution in [2.75, 3.05) is 26.3 Å². The van der Waals surface area contributed by atoms with E-state index < -0.39 is 0 Å². The number of nitrogens with one attached hydrogen (secondary N) is 1. The number of imidazole rings is 1. The molecule has 3 heterocycles. The minimum atomic E-state index is 0.730. The van der Waals surface area contributed by atoms with Gasteiger partial charge in [-0.2, -0.15) is 5.10 Å². The highest BCUT2D eigenvalue weighted by molar-refractivity contribution is 5.88. The minimum absolute atomic E-state index is 0.730. The van der Waals surface area contributed by atoms with E-state index in [1.165, 1.54) is 0 Å². The molecule has 1 aliphatic heterocycles. The summed E-state index contributed by atoms with van der Waals surface area (Å²) in [4.78, 5) is 4.77. The number of hydrazone groups is 1. The molecule has 3 aromatic rings. The van der Waals surface area contributed by atoms with Crippen LogP contribution in [0.3, 0.4) is 0 Å². The Bertz CT molecular complexity index is 837. The second-order valence-electron chi connectivity index (χ2n) is 5.60. The molecule has 122 valence electrons. The van der Waals surface area contributed by atoms with Crippen molar-refractivity contribution in [3.63, 3.8) is 0 Å². The Hall–Kier alpha value is -2.70. The van der Waals surface area contributed by atoms with Gasteiger partial charge in [0.1, 0.15) is 11.5 Å². The van der Waals surface area contributed by atoms with Crippen molar-refractivity contribution in [1.29, 1.82) is 0 Å². The second kappa shape index (κ2) is 6.82. The molecule has 1 N–H and O–H groups in total. The van der Waals surface area contributed by atoms with Crippen molar-refractivity contribution >= 4 is 11.7 Å². The molecule has 0 amide bonds. The number of morpholine rings is 1. The van der Waals surface area contributed by atoms with E-state index in [1.54, 1.807) is 6.21 Å². The summed E-state index contributed by atoms with van der Waals surface area (Å²) >= 11 is 0. The van der Waals surface area contributed by atoms with E-state index in [2.05, 4.69) is 33.2 Å². The first kappa shape index (κ1) is 14.9. The Morgan fingerprint density at radius 2 is 1.83 bits per heavy atom. The number of fused-ring (bicyclic) bond motifs is 1. The van der Waals surface area contributed by atoms with E-state index in [1.807, 2.05) is 41.5 Å². The molecule has 0 radical (unpaired) electrons. The first-order valence-corrected chi connectivity index (χ1v) is 8.06. The molecule has 1 aromatic carbocycles. The van der Waals surface area contributed by atoms with Gasteiger partial charge in [0.05, 0.1) is 24.9 Å². The summed E-state index contributed by atoms with van der Waals surface area (Å²) in [5.41, 5.74) is 6.01. The van der Waals surface area contributed by atoms with Crippen LogP contribution in [0.15, 0.2) is 59.8 Å². The molecule has 1 saturated heterocycles. The lowest BCUT2D eigenvalue weighted by Crippen LogP contribution is -2.43. The summed E-state index contributed by atoms with van der Waals surface area (Å²) in [7, 11) is 0. The summed E-state index contributed by atoms with van der Waals surface area (Å²) in [5.74, 6) is 0.916. The maximum Gasteiger partial charge on any atom is 0.145 e. The van der Waals surface area contributed by atoms with Crippen LogP contribution in [0, 0.1) is 0 Å². The van der Waals surface area contributed by atoms with Gasteiger partial charge in [-0.3, -0.25) is 4.40 Å². The molecule has 0 saturated carbocycles. The summed E-state index contributed by atoms with van der Waals surface area (Å²) in [6.07, 6.45) is 3.80. The molecule has 0 aliphatic carbocycles. The van der Waals surface area contributed by atoms with Crippen molar-refractivity contribution < 1.29 is 4.74 Å². The molecule has 4 rings (SSSR count). The largest absolute Gasteiger partial charge is 0.379 e. The molecule has 0 bridgehead atoms.